The minimum Gasteiger partial charge on any atom is -0.507 e. The molecule has 1 saturated heterocycles. The molecule has 1 aliphatic rings. The van der Waals surface area contributed by atoms with Gasteiger partial charge >= 0.3 is 5.91 Å². The van der Waals surface area contributed by atoms with Crippen molar-refractivity contribution in [3.05, 3.63) is 111 Å². The second-order valence-corrected chi connectivity index (χ2v) is 10.7. The number of thiazole rings is 1. The monoisotopic (exact) mass is 568 g/mol. The molecule has 1 amide bonds. The van der Waals surface area contributed by atoms with Gasteiger partial charge in [-0.3, -0.25) is 19.3 Å². The number of carbonyl (C=O) groups excluding carboxylic acids is 3. The van der Waals surface area contributed by atoms with Crippen molar-refractivity contribution < 1.29 is 29.0 Å². The Balaban J connectivity index is 1.53. The number of rotatable bonds is 8. The summed E-state index contributed by atoms with van der Waals surface area (Å²) >= 11 is 1.04. The van der Waals surface area contributed by atoms with Crippen LogP contribution >= 0.6 is 11.3 Å². The first-order chi connectivity index (χ1) is 19.7. The molecule has 1 N–H and O–H groups in total. The quantitative estimate of drug-likeness (QED) is 0.117. The number of hydrogen-bond acceptors (Lipinski definition) is 8. The van der Waals surface area contributed by atoms with Crippen molar-refractivity contribution in [2.24, 2.45) is 0 Å². The average molecular weight is 569 g/mol. The summed E-state index contributed by atoms with van der Waals surface area (Å²) in [6.45, 7) is 5.50. The van der Waals surface area contributed by atoms with Gasteiger partial charge in [-0.25, -0.2) is 4.98 Å². The van der Waals surface area contributed by atoms with Crippen LogP contribution in [0.1, 0.15) is 50.6 Å². The molecule has 9 heteroatoms. The summed E-state index contributed by atoms with van der Waals surface area (Å²) in [6.07, 6.45) is 0. The van der Waals surface area contributed by atoms with E-state index in [-0.39, 0.29) is 22.2 Å². The van der Waals surface area contributed by atoms with Gasteiger partial charge in [-0.05, 0) is 61.4 Å². The fraction of sp³-hybridized carbons (Fsp3) is 0.188. The second kappa shape index (κ2) is 11.4. The molecule has 0 saturated carbocycles. The number of anilines is 1. The first-order valence-electron chi connectivity index (χ1n) is 12.9. The van der Waals surface area contributed by atoms with Crippen LogP contribution in [0.2, 0.25) is 0 Å². The zero-order valence-corrected chi connectivity index (χ0v) is 23.8. The van der Waals surface area contributed by atoms with E-state index in [9.17, 15) is 19.5 Å². The van der Waals surface area contributed by atoms with E-state index in [0.29, 0.717) is 39.8 Å². The largest absolute Gasteiger partial charge is 0.507 e. The SMILES string of the molecule is COc1ccc(C2/C(=C(\O)c3ccc(OCc4cccc(C)c4)cc3)C(=O)C(=O)N2c2nc(C)c(C(C)=O)s2)cc1. The van der Waals surface area contributed by atoms with Gasteiger partial charge < -0.3 is 14.6 Å². The zero-order valence-electron chi connectivity index (χ0n) is 23.0. The van der Waals surface area contributed by atoms with E-state index in [1.54, 1.807) is 55.5 Å². The number of benzene rings is 3. The Labute approximate surface area is 241 Å². The molecular formula is C32H28N2O6S. The fourth-order valence-corrected chi connectivity index (χ4v) is 5.77. The molecular weight excluding hydrogens is 540 g/mol. The summed E-state index contributed by atoms with van der Waals surface area (Å²) < 4.78 is 11.2. The van der Waals surface area contributed by atoms with Crippen LogP contribution in [-0.2, 0) is 16.2 Å². The Hall–Kier alpha value is -4.76. The molecule has 0 spiro atoms. The van der Waals surface area contributed by atoms with Crippen LogP contribution in [0.4, 0.5) is 5.13 Å². The van der Waals surface area contributed by atoms with Crippen LogP contribution < -0.4 is 14.4 Å². The van der Waals surface area contributed by atoms with E-state index in [2.05, 4.69) is 4.98 Å². The van der Waals surface area contributed by atoms with Gasteiger partial charge in [0.2, 0.25) is 0 Å². The van der Waals surface area contributed by atoms with Crippen LogP contribution in [0.3, 0.4) is 0 Å². The number of aliphatic hydroxyl groups excluding tert-OH is 1. The van der Waals surface area contributed by atoms with E-state index < -0.39 is 17.7 Å². The number of carbonyl (C=O) groups is 3. The molecule has 0 aliphatic carbocycles. The normalized spacial score (nSPS) is 16.2. The van der Waals surface area contributed by atoms with Gasteiger partial charge in [-0.1, -0.05) is 53.3 Å². The van der Waals surface area contributed by atoms with E-state index in [4.69, 9.17) is 9.47 Å². The Morgan fingerprint density at radius 1 is 1.00 bits per heavy atom. The summed E-state index contributed by atoms with van der Waals surface area (Å²) in [5.41, 5.74) is 3.48. The average Bonchev–Trinajstić information content (AvgIpc) is 3.48. The first-order valence-corrected chi connectivity index (χ1v) is 13.7. The third kappa shape index (κ3) is 5.49. The van der Waals surface area contributed by atoms with Crippen molar-refractivity contribution in [3.8, 4) is 11.5 Å². The van der Waals surface area contributed by atoms with Crippen molar-refractivity contribution in [2.75, 3.05) is 12.0 Å². The number of Topliss-reactive ketones (excluding diaryl/α,β-unsaturated/α-hetero) is 2. The minimum atomic E-state index is -0.969. The number of aliphatic hydroxyl groups is 1. The van der Waals surface area contributed by atoms with E-state index >= 15 is 0 Å². The fourth-order valence-electron chi connectivity index (χ4n) is 4.78. The molecule has 1 aromatic heterocycles. The predicted molar refractivity (Wildman–Crippen MR) is 157 cm³/mol. The minimum absolute atomic E-state index is 0.0779. The van der Waals surface area contributed by atoms with Gasteiger partial charge in [-0.15, -0.1) is 0 Å². The molecule has 41 heavy (non-hydrogen) atoms. The maximum Gasteiger partial charge on any atom is 0.301 e. The Morgan fingerprint density at radius 3 is 2.29 bits per heavy atom. The first kappa shape index (κ1) is 27.8. The summed E-state index contributed by atoms with van der Waals surface area (Å²) in [6, 6.07) is 20.6. The number of ketones is 2. The smallest absolute Gasteiger partial charge is 0.301 e. The lowest BCUT2D eigenvalue weighted by Crippen LogP contribution is -2.29. The molecule has 3 aromatic carbocycles. The Morgan fingerprint density at radius 2 is 1.68 bits per heavy atom. The van der Waals surface area contributed by atoms with E-state index in [1.807, 2.05) is 31.2 Å². The Bertz CT molecular complexity index is 1670. The van der Waals surface area contributed by atoms with Crippen LogP contribution in [-0.4, -0.2) is 34.7 Å². The van der Waals surface area contributed by atoms with Crippen LogP contribution in [0.5, 0.6) is 11.5 Å². The molecule has 0 radical (unpaired) electrons. The molecule has 4 aromatic rings. The van der Waals surface area contributed by atoms with Gasteiger partial charge in [0.25, 0.3) is 5.78 Å². The molecule has 1 unspecified atom stereocenters. The number of aryl methyl sites for hydroxylation is 2. The van der Waals surface area contributed by atoms with Crippen LogP contribution in [0, 0.1) is 13.8 Å². The molecule has 1 aliphatic heterocycles. The number of ether oxygens (including phenoxy) is 2. The highest BCUT2D eigenvalue weighted by molar-refractivity contribution is 7.18. The standard InChI is InChI=1S/C32H28N2O6S/c1-18-6-5-7-21(16-18)17-40-25-14-10-23(11-15-25)28(36)26-27(22-8-12-24(39-4)13-9-22)34(31(38)29(26)37)32-33-19(2)30(41-32)20(3)35/h5-16,27,36H,17H2,1-4H3/b28-26+. The molecule has 208 valence electrons. The highest BCUT2D eigenvalue weighted by Gasteiger charge is 2.48. The maximum absolute atomic E-state index is 13.4. The number of methoxy groups -OCH3 is 1. The van der Waals surface area contributed by atoms with Gasteiger partial charge in [0.1, 0.15) is 23.9 Å². The van der Waals surface area contributed by atoms with Gasteiger partial charge in [0.15, 0.2) is 10.9 Å². The van der Waals surface area contributed by atoms with Crippen molar-refractivity contribution >= 4 is 39.7 Å². The summed E-state index contributed by atoms with van der Waals surface area (Å²) in [4.78, 5) is 45.1. The van der Waals surface area contributed by atoms with Gasteiger partial charge in [-0.2, -0.15) is 0 Å². The number of aromatic nitrogens is 1. The summed E-state index contributed by atoms with van der Waals surface area (Å²) in [5.74, 6) is -1.01. The predicted octanol–water partition coefficient (Wildman–Crippen LogP) is 6.18. The third-order valence-corrected chi connectivity index (χ3v) is 8.06. The van der Waals surface area contributed by atoms with Crippen LogP contribution in [0.25, 0.3) is 5.76 Å². The topological polar surface area (TPSA) is 106 Å². The maximum atomic E-state index is 13.4. The third-order valence-electron chi connectivity index (χ3n) is 6.80. The molecule has 2 heterocycles. The van der Waals surface area contributed by atoms with E-state index in [1.165, 1.54) is 18.9 Å². The van der Waals surface area contributed by atoms with Gasteiger partial charge in [0, 0.05) is 12.5 Å². The van der Waals surface area contributed by atoms with Crippen molar-refractivity contribution in [3.63, 3.8) is 0 Å². The molecule has 5 rings (SSSR count). The second-order valence-electron chi connectivity index (χ2n) is 9.71. The summed E-state index contributed by atoms with van der Waals surface area (Å²) in [5, 5.41) is 11.6. The lowest BCUT2D eigenvalue weighted by molar-refractivity contribution is -0.132. The summed E-state index contributed by atoms with van der Waals surface area (Å²) in [7, 11) is 1.54. The number of nitrogens with zero attached hydrogens (tertiary/aromatic N) is 2. The van der Waals surface area contributed by atoms with Crippen molar-refractivity contribution in [1.29, 1.82) is 0 Å². The van der Waals surface area contributed by atoms with Crippen molar-refractivity contribution in [2.45, 2.75) is 33.4 Å². The molecule has 1 atom stereocenters. The molecule has 8 nitrogen and oxygen atoms in total. The lowest BCUT2D eigenvalue weighted by atomic mass is 9.95. The zero-order chi connectivity index (χ0) is 29.3. The Kier molecular flexibility index (Phi) is 7.72. The number of hydrogen-bond donors (Lipinski definition) is 1. The lowest BCUT2D eigenvalue weighted by Gasteiger charge is -2.23. The van der Waals surface area contributed by atoms with Crippen LogP contribution in [0.15, 0.2) is 78.4 Å². The number of amides is 1. The highest BCUT2D eigenvalue weighted by atomic mass is 32.1. The van der Waals surface area contributed by atoms with E-state index in [0.717, 1.165) is 22.5 Å². The van der Waals surface area contributed by atoms with Gasteiger partial charge in [0.05, 0.1) is 29.3 Å². The van der Waals surface area contributed by atoms with Crippen molar-refractivity contribution in [1.82, 2.24) is 4.98 Å². The molecule has 1 fully saturated rings. The molecule has 0 bridgehead atoms. The highest BCUT2D eigenvalue weighted by Crippen LogP contribution is 2.44.